The first kappa shape index (κ1) is 27.6. The molecule has 4 aromatic carbocycles. The zero-order valence-corrected chi connectivity index (χ0v) is 23.3. The molecule has 0 amide bonds. The molecule has 1 fully saturated rings. The SMILES string of the molecule is Cc1ccc(S[C@@H]2O[C@@H](C)[C@@H](OCc3ccccc3)[C@H](OCc3ccccc3)[C@@H]2OCc2ccccc2)cc1. The summed E-state index contributed by atoms with van der Waals surface area (Å²) in [5, 5.41) is 0. The average molecular weight is 541 g/mol. The van der Waals surface area contributed by atoms with E-state index in [1.165, 1.54) is 5.56 Å². The predicted molar refractivity (Wildman–Crippen MR) is 156 cm³/mol. The molecule has 0 unspecified atom stereocenters. The molecule has 0 radical (unpaired) electrons. The van der Waals surface area contributed by atoms with E-state index in [-0.39, 0.29) is 29.9 Å². The van der Waals surface area contributed by atoms with Gasteiger partial charge in [-0.2, -0.15) is 0 Å². The van der Waals surface area contributed by atoms with Gasteiger partial charge < -0.3 is 18.9 Å². The summed E-state index contributed by atoms with van der Waals surface area (Å²) in [7, 11) is 0. The van der Waals surface area contributed by atoms with E-state index in [9.17, 15) is 0 Å². The maximum absolute atomic E-state index is 6.69. The van der Waals surface area contributed by atoms with Crippen molar-refractivity contribution in [2.75, 3.05) is 0 Å². The highest BCUT2D eigenvalue weighted by atomic mass is 32.2. The molecule has 202 valence electrons. The van der Waals surface area contributed by atoms with E-state index < -0.39 is 0 Å². The number of hydrogen-bond donors (Lipinski definition) is 0. The molecule has 5 atom stereocenters. The number of aryl methyl sites for hydroxylation is 1. The van der Waals surface area contributed by atoms with Crippen LogP contribution in [0, 0.1) is 6.92 Å². The van der Waals surface area contributed by atoms with E-state index in [1.54, 1.807) is 11.8 Å². The van der Waals surface area contributed by atoms with Crippen LogP contribution in [0.1, 0.15) is 29.2 Å². The highest BCUT2D eigenvalue weighted by Crippen LogP contribution is 2.38. The van der Waals surface area contributed by atoms with Crippen LogP contribution in [0.5, 0.6) is 0 Å². The molecule has 5 rings (SSSR count). The van der Waals surface area contributed by atoms with Gasteiger partial charge in [0.05, 0.1) is 25.9 Å². The highest BCUT2D eigenvalue weighted by Gasteiger charge is 2.47. The predicted octanol–water partition coefficient (Wildman–Crippen LogP) is 7.59. The number of benzene rings is 4. The zero-order chi connectivity index (χ0) is 26.9. The Balaban J connectivity index is 1.42. The molecule has 1 heterocycles. The standard InChI is InChI=1S/C34H36O4S/c1-25-18-20-30(21-19-25)39-34-33(37-24-29-16-10-5-11-17-29)32(36-23-28-14-8-4-9-15-28)31(26(2)38-34)35-22-27-12-6-3-7-13-27/h3-21,26,31-34H,22-24H2,1-2H3/t26-,31+,32-,33-,34-/m0/s1. The third-order valence-electron chi connectivity index (χ3n) is 6.86. The molecular weight excluding hydrogens is 504 g/mol. The molecule has 0 saturated carbocycles. The van der Waals surface area contributed by atoms with Crippen LogP contribution in [0.25, 0.3) is 0 Å². The molecule has 1 aliphatic rings. The Labute approximate surface area is 236 Å². The topological polar surface area (TPSA) is 36.9 Å². The van der Waals surface area contributed by atoms with Gasteiger partial charge in [-0.15, -0.1) is 0 Å². The second-order valence-corrected chi connectivity index (χ2v) is 11.1. The second kappa shape index (κ2) is 13.9. The van der Waals surface area contributed by atoms with Gasteiger partial charge in [-0.25, -0.2) is 0 Å². The van der Waals surface area contributed by atoms with Gasteiger partial charge >= 0.3 is 0 Å². The lowest BCUT2D eigenvalue weighted by Gasteiger charge is -2.45. The molecule has 0 spiro atoms. The van der Waals surface area contributed by atoms with Crippen LogP contribution in [0.15, 0.2) is 120 Å². The van der Waals surface area contributed by atoms with E-state index in [4.69, 9.17) is 18.9 Å². The number of thioether (sulfide) groups is 1. The van der Waals surface area contributed by atoms with Crippen LogP contribution in [-0.2, 0) is 38.8 Å². The summed E-state index contributed by atoms with van der Waals surface area (Å²) in [6.07, 6.45) is -1.17. The van der Waals surface area contributed by atoms with Crippen molar-refractivity contribution in [1.82, 2.24) is 0 Å². The van der Waals surface area contributed by atoms with Gasteiger partial charge in [0.2, 0.25) is 0 Å². The van der Waals surface area contributed by atoms with Crippen LogP contribution >= 0.6 is 11.8 Å². The van der Waals surface area contributed by atoms with Gasteiger partial charge in [0, 0.05) is 4.90 Å². The molecular formula is C34H36O4S. The minimum absolute atomic E-state index is 0.186. The Bertz CT molecular complexity index is 1250. The van der Waals surface area contributed by atoms with E-state index in [1.807, 2.05) is 54.6 Å². The fourth-order valence-electron chi connectivity index (χ4n) is 4.71. The summed E-state index contributed by atoms with van der Waals surface area (Å²) in [5.74, 6) is 0. The first-order valence-electron chi connectivity index (χ1n) is 13.5. The number of rotatable bonds is 11. The molecule has 1 aliphatic heterocycles. The molecule has 39 heavy (non-hydrogen) atoms. The molecule has 5 heteroatoms. The Kier molecular flexibility index (Phi) is 9.86. The Morgan fingerprint density at radius 1 is 0.564 bits per heavy atom. The summed E-state index contributed by atoms with van der Waals surface area (Å²) in [4.78, 5) is 1.14. The summed E-state index contributed by atoms with van der Waals surface area (Å²) in [6.45, 7) is 5.58. The van der Waals surface area contributed by atoms with Crippen molar-refractivity contribution in [2.24, 2.45) is 0 Å². The minimum atomic E-state index is -0.350. The molecule has 0 aromatic heterocycles. The normalized spacial score (nSPS) is 23.0. The third-order valence-corrected chi connectivity index (χ3v) is 8.01. The highest BCUT2D eigenvalue weighted by molar-refractivity contribution is 7.99. The smallest absolute Gasteiger partial charge is 0.136 e. The lowest BCUT2D eigenvalue weighted by atomic mass is 9.99. The Hall–Kier alpha value is -2.93. The van der Waals surface area contributed by atoms with Crippen molar-refractivity contribution in [2.45, 2.75) is 68.4 Å². The van der Waals surface area contributed by atoms with Crippen molar-refractivity contribution >= 4 is 11.8 Å². The zero-order valence-electron chi connectivity index (χ0n) is 22.5. The molecule has 0 bridgehead atoms. The van der Waals surface area contributed by atoms with Crippen LogP contribution in [0.4, 0.5) is 0 Å². The number of hydrogen-bond acceptors (Lipinski definition) is 5. The van der Waals surface area contributed by atoms with Crippen LogP contribution in [0.3, 0.4) is 0 Å². The largest absolute Gasteiger partial charge is 0.368 e. The van der Waals surface area contributed by atoms with E-state index in [2.05, 4.69) is 74.5 Å². The van der Waals surface area contributed by atoms with Gasteiger partial charge in [-0.05, 0) is 42.7 Å². The van der Waals surface area contributed by atoms with Gasteiger partial charge in [0.1, 0.15) is 23.7 Å². The molecule has 4 nitrogen and oxygen atoms in total. The molecule has 0 N–H and O–H groups in total. The van der Waals surface area contributed by atoms with Crippen molar-refractivity contribution in [1.29, 1.82) is 0 Å². The van der Waals surface area contributed by atoms with Crippen molar-refractivity contribution < 1.29 is 18.9 Å². The number of ether oxygens (including phenoxy) is 4. The Morgan fingerprint density at radius 2 is 1.00 bits per heavy atom. The average Bonchev–Trinajstić information content (AvgIpc) is 2.98. The fourth-order valence-corrected chi connectivity index (χ4v) is 5.87. The van der Waals surface area contributed by atoms with Gasteiger partial charge in [-0.1, -0.05) is 120 Å². The lowest BCUT2D eigenvalue weighted by molar-refractivity contribution is -0.242. The maximum atomic E-state index is 6.69. The Morgan fingerprint density at radius 3 is 1.49 bits per heavy atom. The van der Waals surface area contributed by atoms with Crippen LogP contribution < -0.4 is 0 Å². The summed E-state index contributed by atoms with van der Waals surface area (Å²) in [6, 6.07) is 39.3. The maximum Gasteiger partial charge on any atom is 0.136 e. The van der Waals surface area contributed by atoms with Crippen LogP contribution in [0.2, 0.25) is 0 Å². The molecule has 4 aromatic rings. The third kappa shape index (κ3) is 7.81. The van der Waals surface area contributed by atoms with E-state index in [0.29, 0.717) is 19.8 Å². The summed E-state index contributed by atoms with van der Waals surface area (Å²) >= 11 is 1.68. The van der Waals surface area contributed by atoms with Crippen LogP contribution in [-0.4, -0.2) is 29.9 Å². The van der Waals surface area contributed by atoms with E-state index >= 15 is 0 Å². The fraction of sp³-hybridized carbons (Fsp3) is 0.294. The minimum Gasteiger partial charge on any atom is -0.368 e. The second-order valence-electron chi connectivity index (χ2n) is 9.92. The van der Waals surface area contributed by atoms with E-state index in [0.717, 1.165) is 21.6 Å². The molecule has 0 aliphatic carbocycles. The van der Waals surface area contributed by atoms with Gasteiger partial charge in [0.15, 0.2) is 0 Å². The lowest BCUT2D eigenvalue weighted by Crippen LogP contribution is -2.58. The summed E-state index contributed by atoms with van der Waals surface area (Å²) in [5.41, 5.74) is 4.31. The van der Waals surface area contributed by atoms with Gasteiger partial charge in [0.25, 0.3) is 0 Å². The van der Waals surface area contributed by atoms with Crippen molar-refractivity contribution in [3.05, 3.63) is 138 Å². The van der Waals surface area contributed by atoms with Crippen molar-refractivity contribution in [3.63, 3.8) is 0 Å². The quantitative estimate of drug-likeness (QED) is 0.196. The first-order chi connectivity index (χ1) is 19.2. The van der Waals surface area contributed by atoms with Crippen molar-refractivity contribution in [3.8, 4) is 0 Å². The molecule has 1 saturated heterocycles. The van der Waals surface area contributed by atoms with Gasteiger partial charge in [-0.3, -0.25) is 0 Å². The summed E-state index contributed by atoms with van der Waals surface area (Å²) < 4.78 is 26.5. The monoisotopic (exact) mass is 540 g/mol. The first-order valence-corrected chi connectivity index (χ1v) is 14.4.